The van der Waals surface area contributed by atoms with Crippen LogP contribution in [0.3, 0.4) is 0 Å². The van der Waals surface area contributed by atoms with Crippen molar-refractivity contribution in [3.05, 3.63) is 67.6 Å². The van der Waals surface area contributed by atoms with Gasteiger partial charge in [0.05, 0.1) is 0 Å². The number of carbonyl (C=O) groups is 2. The zero-order valence-corrected chi connectivity index (χ0v) is 22.8. The Labute approximate surface area is 242 Å². The smallest absolute Gasteiger partial charge is 0.166 e. The third kappa shape index (κ3) is 10.5. The number of rotatable bonds is 4. The van der Waals surface area contributed by atoms with Crippen molar-refractivity contribution in [2.45, 2.75) is 40.5 Å². The standard InChI is InChI=1S/C13H15Cl2NO.C12H13Cl2NO.2CH4.ClH/c1-16-4-2-9(3-5-16)13(17)10-6-11(14)8-12(15)7-10;13-10-5-9(6-11(14)7-10)12(16)8-1-3-15-4-2-8;;;/h6-9H,2-5H2,1H3;5-8,15H,1-4H2;2*1H4;1H. The van der Waals surface area contributed by atoms with Gasteiger partial charge >= 0.3 is 0 Å². The molecule has 0 amide bonds. The van der Waals surface area contributed by atoms with E-state index in [1.165, 1.54) is 0 Å². The maximum atomic E-state index is 12.3. The van der Waals surface area contributed by atoms with E-state index in [1.54, 1.807) is 36.4 Å². The zero-order chi connectivity index (χ0) is 24.0. The van der Waals surface area contributed by atoms with Crippen LogP contribution in [0.25, 0.3) is 0 Å². The van der Waals surface area contributed by atoms with Crippen LogP contribution in [-0.2, 0) is 0 Å². The van der Waals surface area contributed by atoms with Gasteiger partial charge in [0, 0.05) is 43.1 Å². The monoisotopic (exact) mass is 596 g/mol. The van der Waals surface area contributed by atoms with E-state index in [-0.39, 0.29) is 50.7 Å². The van der Waals surface area contributed by atoms with E-state index in [2.05, 4.69) is 17.3 Å². The van der Waals surface area contributed by atoms with Crippen molar-refractivity contribution in [1.29, 1.82) is 0 Å². The first-order chi connectivity index (χ1) is 15.7. The van der Waals surface area contributed by atoms with Crippen LogP contribution in [0.1, 0.15) is 61.3 Å². The molecule has 0 radical (unpaired) electrons. The molecular weight excluding hydrogens is 562 g/mol. The van der Waals surface area contributed by atoms with E-state index in [0.29, 0.717) is 31.2 Å². The number of carbonyl (C=O) groups excluding carboxylic acids is 2. The first-order valence-electron chi connectivity index (χ1n) is 11.1. The highest BCUT2D eigenvalue weighted by Gasteiger charge is 2.25. The minimum Gasteiger partial charge on any atom is -0.317 e. The van der Waals surface area contributed by atoms with Crippen LogP contribution in [0.15, 0.2) is 36.4 Å². The molecular formula is C27H37Cl5N2O2. The molecule has 0 unspecified atom stereocenters. The summed E-state index contributed by atoms with van der Waals surface area (Å²) < 4.78 is 0. The molecule has 4 nitrogen and oxygen atoms in total. The Morgan fingerprint density at radius 3 is 1.39 bits per heavy atom. The molecule has 0 bridgehead atoms. The summed E-state index contributed by atoms with van der Waals surface area (Å²) in [6.45, 7) is 3.77. The van der Waals surface area contributed by atoms with Crippen LogP contribution < -0.4 is 5.32 Å². The molecule has 2 saturated heterocycles. The van der Waals surface area contributed by atoms with E-state index >= 15 is 0 Å². The molecule has 2 aliphatic rings. The van der Waals surface area contributed by atoms with Crippen molar-refractivity contribution < 1.29 is 9.59 Å². The highest BCUT2D eigenvalue weighted by Crippen LogP contribution is 2.26. The lowest BCUT2D eigenvalue weighted by Gasteiger charge is -2.28. The van der Waals surface area contributed by atoms with Crippen LogP contribution >= 0.6 is 58.8 Å². The van der Waals surface area contributed by atoms with Gasteiger partial charge in [-0.3, -0.25) is 9.59 Å². The van der Waals surface area contributed by atoms with Crippen molar-refractivity contribution >= 4 is 70.4 Å². The second-order valence-corrected chi connectivity index (χ2v) is 10.4. The van der Waals surface area contributed by atoms with Gasteiger partial charge in [-0.25, -0.2) is 0 Å². The number of Topliss-reactive ketones (excluding diaryl/α,β-unsaturated/α-hetero) is 2. The number of benzene rings is 2. The fourth-order valence-electron chi connectivity index (χ4n) is 4.22. The van der Waals surface area contributed by atoms with Crippen LogP contribution in [0.2, 0.25) is 20.1 Å². The van der Waals surface area contributed by atoms with Crippen molar-refractivity contribution in [2.24, 2.45) is 11.8 Å². The number of halogens is 5. The molecule has 0 saturated carbocycles. The fraction of sp³-hybridized carbons (Fsp3) is 0.481. The molecule has 2 heterocycles. The van der Waals surface area contributed by atoms with Gasteiger partial charge in [0.1, 0.15) is 0 Å². The minimum absolute atomic E-state index is 0. The third-order valence-electron chi connectivity index (χ3n) is 6.09. The Kier molecular flexibility index (Phi) is 16.5. The summed E-state index contributed by atoms with van der Waals surface area (Å²) in [5.41, 5.74) is 1.27. The largest absolute Gasteiger partial charge is 0.317 e. The van der Waals surface area contributed by atoms with Gasteiger partial charge in [0.15, 0.2) is 11.6 Å². The van der Waals surface area contributed by atoms with Gasteiger partial charge in [0.25, 0.3) is 0 Å². The van der Waals surface area contributed by atoms with Crippen LogP contribution in [0.4, 0.5) is 0 Å². The average molecular weight is 599 g/mol. The normalized spacial score (nSPS) is 16.4. The highest BCUT2D eigenvalue weighted by molar-refractivity contribution is 6.35. The molecule has 0 aliphatic carbocycles. The number of likely N-dealkylation sites (tertiary alicyclic amines) is 1. The van der Waals surface area contributed by atoms with Gasteiger partial charge in [-0.1, -0.05) is 61.3 Å². The van der Waals surface area contributed by atoms with E-state index in [1.807, 2.05) is 0 Å². The lowest BCUT2D eigenvalue weighted by atomic mass is 9.89. The zero-order valence-electron chi connectivity index (χ0n) is 19.0. The number of nitrogens with zero attached hydrogens (tertiary/aromatic N) is 1. The maximum Gasteiger partial charge on any atom is 0.166 e. The molecule has 0 aromatic heterocycles. The number of hydrogen-bond donors (Lipinski definition) is 1. The van der Waals surface area contributed by atoms with Crippen molar-refractivity contribution in [3.8, 4) is 0 Å². The summed E-state index contributed by atoms with van der Waals surface area (Å²) in [5, 5.41) is 5.32. The first kappa shape index (κ1) is 35.2. The Morgan fingerprint density at radius 2 is 1.03 bits per heavy atom. The molecule has 2 aromatic carbocycles. The second-order valence-electron chi connectivity index (χ2n) is 8.65. The molecule has 2 aromatic rings. The van der Waals surface area contributed by atoms with Crippen LogP contribution in [-0.4, -0.2) is 49.7 Å². The van der Waals surface area contributed by atoms with Gasteiger partial charge in [-0.15, -0.1) is 12.4 Å². The van der Waals surface area contributed by atoms with Crippen molar-refractivity contribution in [1.82, 2.24) is 10.2 Å². The summed E-state index contributed by atoms with van der Waals surface area (Å²) in [5.74, 6) is 0.546. The molecule has 0 atom stereocenters. The van der Waals surface area contributed by atoms with Crippen LogP contribution in [0, 0.1) is 11.8 Å². The molecule has 202 valence electrons. The number of piperidine rings is 2. The van der Waals surface area contributed by atoms with Gasteiger partial charge in [-0.05, 0) is 95.3 Å². The van der Waals surface area contributed by atoms with Crippen molar-refractivity contribution in [2.75, 3.05) is 33.2 Å². The van der Waals surface area contributed by atoms with Gasteiger partial charge in [0.2, 0.25) is 0 Å². The van der Waals surface area contributed by atoms with Crippen LogP contribution in [0.5, 0.6) is 0 Å². The third-order valence-corrected chi connectivity index (χ3v) is 6.97. The molecule has 2 aliphatic heterocycles. The Balaban J connectivity index is 0.000000629. The Morgan fingerprint density at radius 1 is 0.694 bits per heavy atom. The fourth-order valence-corrected chi connectivity index (χ4v) is 5.27. The molecule has 36 heavy (non-hydrogen) atoms. The molecule has 4 rings (SSSR count). The van der Waals surface area contributed by atoms with Gasteiger partial charge in [-0.2, -0.15) is 0 Å². The summed E-state index contributed by atoms with van der Waals surface area (Å²) >= 11 is 23.6. The Hall–Kier alpha value is -0.850. The first-order valence-corrected chi connectivity index (χ1v) is 12.6. The predicted octanol–water partition coefficient (Wildman–Crippen LogP) is 8.39. The van der Waals surface area contributed by atoms with Gasteiger partial charge < -0.3 is 10.2 Å². The second kappa shape index (κ2) is 16.9. The lowest BCUT2D eigenvalue weighted by Crippen LogP contribution is -2.33. The number of hydrogen-bond acceptors (Lipinski definition) is 4. The van der Waals surface area contributed by atoms with E-state index in [4.69, 9.17) is 46.4 Å². The maximum absolute atomic E-state index is 12.3. The summed E-state index contributed by atoms with van der Waals surface area (Å²) in [6.07, 6.45) is 3.62. The van der Waals surface area contributed by atoms with E-state index in [0.717, 1.165) is 51.9 Å². The summed E-state index contributed by atoms with van der Waals surface area (Å²) in [4.78, 5) is 26.7. The number of nitrogens with one attached hydrogen (secondary N) is 1. The summed E-state index contributed by atoms with van der Waals surface area (Å²) in [7, 11) is 2.08. The molecule has 1 N–H and O–H groups in total. The highest BCUT2D eigenvalue weighted by atomic mass is 35.5. The van der Waals surface area contributed by atoms with Crippen molar-refractivity contribution in [3.63, 3.8) is 0 Å². The minimum atomic E-state index is 0. The molecule has 9 heteroatoms. The molecule has 0 spiro atoms. The SMILES string of the molecule is C.C.CN1CCC(C(=O)c2cc(Cl)cc(Cl)c2)CC1.Cl.O=C(c1cc(Cl)cc(Cl)c1)C1CCNCC1. The lowest BCUT2D eigenvalue weighted by molar-refractivity contribution is 0.0855. The summed E-state index contributed by atoms with van der Waals surface area (Å²) in [6, 6.07) is 10.1. The predicted molar refractivity (Wildman–Crippen MR) is 158 cm³/mol. The number of ketones is 2. The average Bonchev–Trinajstić information content (AvgIpc) is 2.78. The van der Waals surface area contributed by atoms with E-state index in [9.17, 15) is 9.59 Å². The Bertz CT molecular complexity index is 948. The topological polar surface area (TPSA) is 49.4 Å². The molecule has 2 fully saturated rings. The van der Waals surface area contributed by atoms with E-state index < -0.39 is 0 Å². The quantitative estimate of drug-likeness (QED) is 0.359.